The van der Waals surface area contributed by atoms with Gasteiger partial charge in [-0.25, -0.2) is 4.98 Å². The Morgan fingerprint density at radius 2 is 2.29 bits per heavy atom. The van der Waals surface area contributed by atoms with E-state index in [1.807, 2.05) is 12.1 Å². The van der Waals surface area contributed by atoms with Crippen molar-refractivity contribution in [1.82, 2.24) is 9.88 Å². The van der Waals surface area contributed by atoms with Crippen LogP contribution in [0.25, 0.3) is 0 Å². The average Bonchev–Trinajstić information content (AvgIpc) is 2.34. The number of hydrogen-bond acceptors (Lipinski definition) is 4. The molecular weight excluding hydrogens is 212 g/mol. The van der Waals surface area contributed by atoms with Gasteiger partial charge in [0.2, 0.25) is 0 Å². The first-order valence-electron chi connectivity index (χ1n) is 5.94. The third-order valence-corrected chi connectivity index (χ3v) is 2.80. The molecule has 1 aromatic rings. The normalized spacial score (nSPS) is 10.6. The van der Waals surface area contributed by atoms with Gasteiger partial charge in [-0.3, -0.25) is 0 Å². The molecule has 1 N–H and O–H groups in total. The predicted octanol–water partition coefficient (Wildman–Crippen LogP) is 2.10. The molecule has 0 fully saturated rings. The van der Waals surface area contributed by atoms with Crippen LogP contribution >= 0.6 is 0 Å². The van der Waals surface area contributed by atoms with Gasteiger partial charge in [0.05, 0.1) is 5.69 Å². The van der Waals surface area contributed by atoms with Crippen LogP contribution in [0.4, 0.5) is 5.69 Å². The molecule has 1 aromatic heterocycles. The first kappa shape index (κ1) is 13.5. The van der Waals surface area contributed by atoms with Gasteiger partial charge in [0.15, 0.2) is 5.69 Å². The highest BCUT2D eigenvalue weighted by Crippen LogP contribution is 2.10. The summed E-state index contributed by atoms with van der Waals surface area (Å²) in [4.78, 5) is 6.31. The van der Waals surface area contributed by atoms with Crippen molar-refractivity contribution in [3.8, 4) is 6.07 Å². The lowest BCUT2D eigenvalue weighted by Crippen LogP contribution is -2.28. The zero-order valence-corrected chi connectivity index (χ0v) is 10.8. The van der Waals surface area contributed by atoms with Crippen LogP contribution in [-0.2, 0) is 0 Å². The summed E-state index contributed by atoms with van der Waals surface area (Å²) in [6.45, 7) is 6.27. The molecule has 1 rings (SSSR count). The number of nitrogens with zero attached hydrogens (tertiary/aromatic N) is 3. The van der Waals surface area contributed by atoms with E-state index in [4.69, 9.17) is 5.26 Å². The van der Waals surface area contributed by atoms with Gasteiger partial charge in [0.25, 0.3) is 0 Å². The molecule has 4 nitrogen and oxygen atoms in total. The minimum atomic E-state index is 0.463. The minimum Gasteiger partial charge on any atom is -0.383 e. The van der Waals surface area contributed by atoms with Crippen LogP contribution in [0.5, 0.6) is 0 Å². The van der Waals surface area contributed by atoms with Gasteiger partial charge in [0, 0.05) is 18.8 Å². The fourth-order valence-electron chi connectivity index (χ4n) is 1.45. The second kappa shape index (κ2) is 6.87. The summed E-state index contributed by atoms with van der Waals surface area (Å²) in [7, 11) is 2.12. The molecule has 0 saturated carbocycles. The Balaban J connectivity index is 2.34. The van der Waals surface area contributed by atoms with Gasteiger partial charge in [-0.2, -0.15) is 5.26 Å². The highest BCUT2D eigenvalue weighted by Gasteiger charge is 2.03. The molecule has 0 amide bonds. The molecule has 92 valence electrons. The molecule has 0 radical (unpaired) electrons. The molecule has 0 saturated heterocycles. The maximum atomic E-state index is 8.88. The van der Waals surface area contributed by atoms with Crippen LogP contribution in [0, 0.1) is 11.3 Å². The number of nitrogens with one attached hydrogen (secondary N) is 1. The van der Waals surface area contributed by atoms with Crippen LogP contribution in [0.3, 0.4) is 0 Å². The molecule has 4 heteroatoms. The first-order chi connectivity index (χ1) is 8.15. The highest BCUT2D eigenvalue weighted by atomic mass is 15.1. The van der Waals surface area contributed by atoms with Crippen LogP contribution in [-0.4, -0.2) is 36.1 Å². The fraction of sp³-hybridized carbons (Fsp3) is 0.538. The summed E-state index contributed by atoms with van der Waals surface area (Å²) >= 11 is 0. The Bertz CT molecular complexity index is 381. The molecule has 17 heavy (non-hydrogen) atoms. The van der Waals surface area contributed by atoms with Crippen LogP contribution in [0.1, 0.15) is 26.0 Å². The summed E-state index contributed by atoms with van der Waals surface area (Å²) in [5.41, 5.74) is 1.28. The number of nitriles is 1. The van der Waals surface area contributed by atoms with Gasteiger partial charge in [-0.15, -0.1) is 0 Å². The van der Waals surface area contributed by atoms with Crippen molar-refractivity contribution in [2.24, 2.45) is 0 Å². The molecular formula is C13H20N4. The largest absolute Gasteiger partial charge is 0.383 e. The molecule has 0 aromatic carbocycles. The van der Waals surface area contributed by atoms with Crippen molar-refractivity contribution in [1.29, 1.82) is 5.26 Å². The van der Waals surface area contributed by atoms with E-state index in [0.717, 1.165) is 25.2 Å². The summed E-state index contributed by atoms with van der Waals surface area (Å²) in [6.07, 6.45) is 2.69. The smallest absolute Gasteiger partial charge is 0.163 e. The van der Waals surface area contributed by atoms with Crippen LogP contribution in [0.2, 0.25) is 0 Å². The molecule has 0 aliphatic heterocycles. The lowest BCUT2D eigenvalue weighted by Gasteiger charge is -2.20. The van der Waals surface area contributed by atoms with Crippen molar-refractivity contribution in [2.45, 2.75) is 26.3 Å². The maximum Gasteiger partial charge on any atom is 0.163 e. The van der Waals surface area contributed by atoms with E-state index in [9.17, 15) is 0 Å². The number of aromatic nitrogens is 1. The number of anilines is 1. The second-order valence-electron chi connectivity index (χ2n) is 4.37. The van der Waals surface area contributed by atoms with Crippen LogP contribution < -0.4 is 5.32 Å². The van der Waals surface area contributed by atoms with Crippen molar-refractivity contribution in [3.05, 3.63) is 24.0 Å². The Morgan fingerprint density at radius 1 is 1.53 bits per heavy atom. The van der Waals surface area contributed by atoms with E-state index in [1.165, 1.54) is 0 Å². The Morgan fingerprint density at radius 3 is 2.94 bits per heavy atom. The summed E-state index contributed by atoms with van der Waals surface area (Å²) < 4.78 is 0. The molecule has 0 aliphatic carbocycles. The van der Waals surface area contributed by atoms with E-state index in [1.54, 1.807) is 6.20 Å². The van der Waals surface area contributed by atoms with E-state index in [0.29, 0.717) is 11.7 Å². The zero-order chi connectivity index (χ0) is 12.7. The number of hydrogen-bond donors (Lipinski definition) is 1. The molecule has 0 unspecified atom stereocenters. The lowest BCUT2D eigenvalue weighted by molar-refractivity contribution is 0.273. The maximum absolute atomic E-state index is 8.88. The Hall–Kier alpha value is -1.60. The van der Waals surface area contributed by atoms with Gasteiger partial charge < -0.3 is 10.2 Å². The summed E-state index contributed by atoms with van der Waals surface area (Å²) in [5, 5.41) is 12.1. The highest BCUT2D eigenvalue weighted by molar-refractivity contribution is 5.53. The standard InChI is InChI=1S/C13H20N4/c1-11(2)17(3)9-5-8-15-12-6-4-7-16-13(12)10-14/h4,6-7,11,15H,5,8-9H2,1-3H3. The zero-order valence-electron chi connectivity index (χ0n) is 10.8. The van der Waals surface area contributed by atoms with Crippen molar-refractivity contribution in [3.63, 3.8) is 0 Å². The topological polar surface area (TPSA) is 52.0 Å². The van der Waals surface area contributed by atoms with Gasteiger partial charge in [-0.05, 0) is 46.0 Å². The summed E-state index contributed by atoms with van der Waals surface area (Å²) in [5.74, 6) is 0. The molecule has 0 spiro atoms. The second-order valence-corrected chi connectivity index (χ2v) is 4.37. The number of rotatable bonds is 6. The molecule has 1 heterocycles. The Labute approximate surface area is 103 Å². The van der Waals surface area contributed by atoms with Gasteiger partial charge in [0.1, 0.15) is 6.07 Å². The monoisotopic (exact) mass is 232 g/mol. The van der Waals surface area contributed by atoms with Crippen molar-refractivity contribution < 1.29 is 0 Å². The van der Waals surface area contributed by atoms with Crippen LogP contribution in [0.15, 0.2) is 18.3 Å². The quantitative estimate of drug-likeness (QED) is 0.763. The molecule has 0 aliphatic rings. The third kappa shape index (κ3) is 4.41. The van der Waals surface area contributed by atoms with E-state index in [2.05, 4.69) is 42.2 Å². The average molecular weight is 232 g/mol. The fourth-order valence-corrected chi connectivity index (χ4v) is 1.45. The van der Waals surface area contributed by atoms with Crippen molar-refractivity contribution >= 4 is 5.69 Å². The van der Waals surface area contributed by atoms with Gasteiger partial charge >= 0.3 is 0 Å². The predicted molar refractivity (Wildman–Crippen MR) is 69.8 cm³/mol. The van der Waals surface area contributed by atoms with Crippen molar-refractivity contribution in [2.75, 3.05) is 25.5 Å². The van der Waals surface area contributed by atoms with Gasteiger partial charge in [-0.1, -0.05) is 0 Å². The first-order valence-corrected chi connectivity index (χ1v) is 5.94. The lowest BCUT2D eigenvalue weighted by atomic mass is 10.3. The van der Waals surface area contributed by atoms with E-state index in [-0.39, 0.29) is 0 Å². The molecule has 0 bridgehead atoms. The van der Waals surface area contributed by atoms with E-state index < -0.39 is 0 Å². The third-order valence-electron chi connectivity index (χ3n) is 2.80. The number of pyridine rings is 1. The minimum absolute atomic E-state index is 0.463. The Kier molecular flexibility index (Phi) is 5.44. The summed E-state index contributed by atoms with van der Waals surface area (Å²) in [6, 6.07) is 6.38. The van der Waals surface area contributed by atoms with E-state index >= 15 is 0 Å². The molecule has 0 atom stereocenters. The SMILES string of the molecule is CC(C)N(C)CCCNc1cccnc1C#N.